The summed E-state index contributed by atoms with van der Waals surface area (Å²) < 4.78 is 19.6. The largest absolute Gasteiger partial charge is 0.491 e. The van der Waals surface area contributed by atoms with Crippen LogP contribution < -0.4 is 0 Å². The second kappa shape index (κ2) is 13.5. The highest BCUT2D eigenvalue weighted by Gasteiger charge is 2.50. The number of hydrogen-bond donors (Lipinski definition) is 0. The van der Waals surface area contributed by atoms with Crippen LogP contribution in [0.15, 0.2) is 80.5 Å². The maximum Gasteiger partial charge on any atom is 0.338 e. The summed E-state index contributed by atoms with van der Waals surface area (Å²) >= 11 is 6.76. The molecule has 0 amide bonds. The molecule has 0 saturated heterocycles. The average Bonchev–Trinajstić information content (AvgIpc) is 3.33. The molecule has 1 aliphatic heterocycles. The van der Waals surface area contributed by atoms with Crippen LogP contribution in [0.4, 0.5) is 0 Å². The number of rotatable bonds is 10. The van der Waals surface area contributed by atoms with Crippen LogP contribution in [0.25, 0.3) is 0 Å². The van der Waals surface area contributed by atoms with Crippen LogP contribution in [-0.4, -0.2) is 36.0 Å². The maximum absolute atomic E-state index is 13.5. The van der Waals surface area contributed by atoms with Crippen LogP contribution in [0.1, 0.15) is 86.4 Å². The van der Waals surface area contributed by atoms with Crippen molar-refractivity contribution in [2.75, 3.05) is 6.61 Å². The Morgan fingerprint density at radius 3 is 2.26 bits per heavy atom. The van der Waals surface area contributed by atoms with Gasteiger partial charge in [0.1, 0.15) is 11.4 Å². The molecule has 0 N–H and O–H groups in total. The SMILES string of the molecule is C[C@H](CCC[C@H](C)C1=CC[C@]2(C)OC3=C(C[C@H]12)C(=O)[C@@H](OC(=O)c1ccc(Br)cc1)CC3)COC(=O)c1ccc(Br)cc1. The predicted molar refractivity (Wildman–Crippen MR) is 172 cm³/mol. The summed E-state index contributed by atoms with van der Waals surface area (Å²) in [6.45, 7) is 6.92. The molecular weight excluding hydrogens is 676 g/mol. The van der Waals surface area contributed by atoms with E-state index in [0.29, 0.717) is 48.5 Å². The van der Waals surface area contributed by atoms with Crippen LogP contribution >= 0.6 is 31.9 Å². The van der Waals surface area contributed by atoms with E-state index in [1.165, 1.54) is 5.57 Å². The fourth-order valence-electron chi connectivity index (χ4n) is 6.44. The molecule has 3 aliphatic rings. The molecule has 43 heavy (non-hydrogen) atoms. The Kier molecular flexibility index (Phi) is 9.96. The van der Waals surface area contributed by atoms with Crippen molar-refractivity contribution < 1.29 is 28.6 Å². The molecular formula is C35H38Br2O6. The zero-order chi connectivity index (χ0) is 30.7. The number of benzene rings is 2. The van der Waals surface area contributed by atoms with Crippen LogP contribution in [0, 0.1) is 17.8 Å². The minimum atomic E-state index is -0.784. The van der Waals surface area contributed by atoms with Crippen molar-refractivity contribution in [3.63, 3.8) is 0 Å². The van der Waals surface area contributed by atoms with Gasteiger partial charge >= 0.3 is 11.9 Å². The number of carbonyl (C=O) groups excluding carboxylic acids is 3. The quantitative estimate of drug-likeness (QED) is 0.181. The summed E-state index contributed by atoms with van der Waals surface area (Å²) in [6.07, 6.45) is 6.99. The van der Waals surface area contributed by atoms with E-state index in [1.807, 2.05) is 12.1 Å². The van der Waals surface area contributed by atoms with E-state index in [2.05, 4.69) is 58.7 Å². The lowest BCUT2D eigenvalue weighted by Gasteiger charge is -2.43. The van der Waals surface area contributed by atoms with Crippen molar-refractivity contribution in [3.05, 3.63) is 91.6 Å². The van der Waals surface area contributed by atoms with Gasteiger partial charge in [0.05, 0.1) is 17.7 Å². The molecule has 1 heterocycles. The zero-order valence-corrected chi connectivity index (χ0v) is 28.0. The Labute approximate surface area is 270 Å². The number of fused-ring (bicyclic) bond motifs is 1. The van der Waals surface area contributed by atoms with Gasteiger partial charge in [-0.2, -0.15) is 0 Å². The van der Waals surface area contributed by atoms with Gasteiger partial charge in [0.15, 0.2) is 6.10 Å². The zero-order valence-electron chi connectivity index (χ0n) is 24.9. The van der Waals surface area contributed by atoms with Crippen molar-refractivity contribution in [3.8, 4) is 0 Å². The number of hydrogen-bond acceptors (Lipinski definition) is 6. The molecule has 5 rings (SSSR count). The van der Waals surface area contributed by atoms with Crippen molar-refractivity contribution in [1.29, 1.82) is 0 Å². The third-order valence-electron chi connectivity index (χ3n) is 9.02. The van der Waals surface area contributed by atoms with Gasteiger partial charge < -0.3 is 14.2 Å². The molecule has 0 fully saturated rings. The first-order valence-electron chi connectivity index (χ1n) is 15.1. The Balaban J connectivity index is 1.13. The first-order chi connectivity index (χ1) is 20.5. The highest BCUT2D eigenvalue weighted by molar-refractivity contribution is 9.10. The molecule has 0 aromatic heterocycles. The summed E-state index contributed by atoms with van der Waals surface area (Å²) in [4.78, 5) is 38.6. The molecule has 228 valence electrons. The van der Waals surface area contributed by atoms with Gasteiger partial charge in [0.25, 0.3) is 0 Å². The summed E-state index contributed by atoms with van der Waals surface area (Å²) in [5, 5.41) is 0. The summed E-state index contributed by atoms with van der Waals surface area (Å²) in [6, 6.07) is 14.1. The van der Waals surface area contributed by atoms with E-state index >= 15 is 0 Å². The van der Waals surface area contributed by atoms with Gasteiger partial charge in [-0.05, 0) is 93.0 Å². The molecule has 5 atom stereocenters. The second-order valence-electron chi connectivity index (χ2n) is 12.3. The highest BCUT2D eigenvalue weighted by atomic mass is 79.9. The first kappa shape index (κ1) is 31.7. The monoisotopic (exact) mass is 712 g/mol. The lowest BCUT2D eigenvalue weighted by atomic mass is 9.73. The normalized spacial score (nSPS) is 24.3. The van der Waals surface area contributed by atoms with Crippen LogP contribution in [-0.2, 0) is 19.0 Å². The summed E-state index contributed by atoms with van der Waals surface area (Å²) in [5.41, 5.74) is 2.67. The number of carbonyl (C=O) groups is 3. The number of halogens is 2. The highest BCUT2D eigenvalue weighted by Crippen LogP contribution is 2.52. The maximum atomic E-state index is 13.5. The van der Waals surface area contributed by atoms with Gasteiger partial charge in [0.2, 0.25) is 5.78 Å². The van der Waals surface area contributed by atoms with Gasteiger partial charge in [-0.1, -0.05) is 63.8 Å². The van der Waals surface area contributed by atoms with Gasteiger partial charge in [-0.25, -0.2) is 9.59 Å². The number of ketones is 1. The lowest BCUT2D eigenvalue weighted by molar-refractivity contribution is -0.128. The van der Waals surface area contributed by atoms with Crippen molar-refractivity contribution in [2.45, 2.75) is 77.4 Å². The Morgan fingerprint density at radius 2 is 1.60 bits per heavy atom. The Hall–Kier alpha value is -2.71. The van der Waals surface area contributed by atoms with E-state index in [9.17, 15) is 14.4 Å². The van der Waals surface area contributed by atoms with E-state index in [-0.39, 0.29) is 29.2 Å². The summed E-state index contributed by atoms with van der Waals surface area (Å²) in [7, 11) is 0. The molecule has 0 radical (unpaired) electrons. The second-order valence-corrected chi connectivity index (χ2v) is 14.2. The fraction of sp³-hybridized carbons (Fsp3) is 0.457. The fourth-order valence-corrected chi connectivity index (χ4v) is 6.97. The Morgan fingerprint density at radius 1 is 0.977 bits per heavy atom. The predicted octanol–water partition coefficient (Wildman–Crippen LogP) is 8.78. The third kappa shape index (κ3) is 7.34. The van der Waals surface area contributed by atoms with Gasteiger partial charge in [-0.3, -0.25) is 4.79 Å². The first-order valence-corrected chi connectivity index (χ1v) is 16.7. The number of allylic oxidation sites excluding steroid dienone is 1. The van der Waals surface area contributed by atoms with Crippen molar-refractivity contribution >= 4 is 49.6 Å². The van der Waals surface area contributed by atoms with Crippen molar-refractivity contribution in [2.24, 2.45) is 17.8 Å². The molecule has 0 bridgehead atoms. The van der Waals surface area contributed by atoms with Gasteiger partial charge in [-0.15, -0.1) is 0 Å². The molecule has 8 heteroatoms. The molecule has 2 aliphatic carbocycles. The number of ether oxygens (including phenoxy) is 3. The topological polar surface area (TPSA) is 78.9 Å². The minimum absolute atomic E-state index is 0.121. The van der Waals surface area contributed by atoms with E-state index < -0.39 is 12.1 Å². The smallest absolute Gasteiger partial charge is 0.338 e. The Bertz CT molecular complexity index is 1430. The lowest BCUT2D eigenvalue weighted by Crippen LogP contribution is -2.44. The molecule has 0 saturated carbocycles. The number of Topliss-reactive ketones (excluding diaryl/α,β-unsaturated/α-hetero) is 1. The van der Waals surface area contributed by atoms with E-state index in [4.69, 9.17) is 14.2 Å². The van der Waals surface area contributed by atoms with Crippen LogP contribution in [0.5, 0.6) is 0 Å². The average molecular weight is 714 g/mol. The standard InChI is InChI=1S/C35H38Br2O6/c1-21(20-41-33(39)23-7-11-25(36)12-8-23)5-4-6-22(2)27-17-18-35(3)29(27)19-28-30(43-35)15-16-31(32(28)38)42-34(40)24-9-13-26(37)14-10-24/h7-14,17,21-22,29,31H,4-6,15-16,18-20H2,1-3H3/t21-,22+,29-,31+,35+/m1/s1. The molecule has 0 unspecified atom stereocenters. The van der Waals surface area contributed by atoms with Crippen LogP contribution in [0.3, 0.4) is 0 Å². The molecule has 2 aromatic carbocycles. The molecule has 0 spiro atoms. The van der Waals surface area contributed by atoms with Crippen molar-refractivity contribution in [1.82, 2.24) is 0 Å². The number of esters is 2. The summed E-state index contributed by atoms with van der Waals surface area (Å²) in [5.74, 6) is 0.598. The molecule has 2 aromatic rings. The van der Waals surface area contributed by atoms with Crippen LogP contribution in [0.2, 0.25) is 0 Å². The van der Waals surface area contributed by atoms with Gasteiger partial charge in [0, 0.05) is 33.3 Å². The molecule has 6 nitrogen and oxygen atoms in total. The minimum Gasteiger partial charge on any atom is -0.491 e. The van der Waals surface area contributed by atoms with E-state index in [0.717, 1.165) is 40.4 Å². The third-order valence-corrected chi connectivity index (χ3v) is 10.1. The van der Waals surface area contributed by atoms with E-state index in [1.54, 1.807) is 36.4 Å².